The maximum atomic E-state index is 13.6. The molecule has 0 radical (unpaired) electrons. The number of hydrogen-bond acceptors (Lipinski definition) is 3. The van der Waals surface area contributed by atoms with Crippen LogP contribution < -0.4 is 10.1 Å². The van der Waals surface area contributed by atoms with Gasteiger partial charge in [-0.25, -0.2) is 0 Å². The molecule has 0 aliphatic carbocycles. The van der Waals surface area contributed by atoms with E-state index < -0.39 is 11.6 Å². The van der Waals surface area contributed by atoms with Crippen LogP contribution in [0.2, 0.25) is 5.02 Å². The minimum Gasteiger partial charge on any atom is -0.484 e. The molecule has 0 aliphatic rings. The Labute approximate surface area is 213 Å². The predicted molar refractivity (Wildman–Crippen MR) is 141 cm³/mol. The topological polar surface area (TPSA) is 58.6 Å². The number of aryl methyl sites for hydroxylation is 1. The number of carbonyl (C=O) groups excluding carboxylic acids is 2. The van der Waals surface area contributed by atoms with Gasteiger partial charge in [0, 0.05) is 23.5 Å². The molecule has 2 amide bonds. The van der Waals surface area contributed by atoms with Crippen molar-refractivity contribution >= 4 is 23.4 Å². The first-order valence-electron chi connectivity index (χ1n) is 11.7. The summed E-state index contributed by atoms with van der Waals surface area (Å²) in [5.74, 6) is 0.0155. The van der Waals surface area contributed by atoms with Crippen molar-refractivity contribution in [1.82, 2.24) is 10.2 Å². The summed E-state index contributed by atoms with van der Waals surface area (Å²) in [6.07, 6.45) is 0.386. The van der Waals surface area contributed by atoms with Gasteiger partial charge in [-0.05, 0) is 57.0 Å². The van der Waals surface area contributed by atoms with Gasteiger partial charge < -0.3 is 15.0 Å². The Bertz CT molecular complexity index is 1140. The van der Waals surface area contributed by atoms with Crippen LogP contribution >= 0.6 is 11.6 Å². The van der Waals surface area contributed by atoms with Crippen molar-refractivity contribution < 1.29 is 14.3 Å². The number of carbonyl (C=O) groups is 2. The lowest BCUT2D eigenvalue weighted by Crippen LogP contribution is -2.55. The Hall–Kier alpha value is -3.31. The summed E-state index contributed by atoms with van der Waals surface area (Å²) < 4.78 is 5.76. The molecular weight excluding hydrogens is 460 g/mol. The highest BCUT2D eigenvalue weighted by molar-refractivity contribution is 6.30. The molecule has 0 bridgehead atoms. The van der Waals surface area contributed by atoms with Crippen molar-refractivity contribution in [3.8, 4) is 5.75 Å². The van der Waals surface area contributed by atoms with Gasteiger partial charge in [0.05, 0.1) is 0 Å². The van der Waals surface area contributed by atoms with E-state index in [2.05, 4.69) is 5.32 Å². The van der Waals surface area contributed by atoms with Crippen molar-refractivity contribution in [1.29, 1.82) is 0 Å². The summed E-state index contributed by atoms with van der Waals surface area (Å²) >= 11 is 6.06. The molecular formula is C29H33ClN2O3. The first-order chi connectivity index (χ1) is 16.6. The fraction of sp³-hybridized carbons (Fsp3) is 0.310. The van der Waals surface area contributed by atoms with Crippen molar-refractivity contribution in [2.75, 3.05) is 6.61 Å². The third-order valence-corrected chi connectivity index (χ3v) is 5.60. The zero-order valence-electron chi connectivity index (χ0n) is 20.8. The molecule has 0 aromatic heterocycles. The third kappa shape index (κ3) is 8.45. The minimum absolute atomic E-state index is 0.204. The molecule has 0 saturated carbocycles. The quantitative estimate of drug-likeness (QED) is 0.424. The van der Waals surface area contributed by atoms with Crippen molar-refractivity contribution in [3.05, 3.63) is 101 Å². The Kier molecular flexibility index (Phi) is 8.94. The molecule has 0 heterocycles. The van der Waals surface area contributed by atoms with Gasteiger partial charge in [-0.15, -0.1) is 0 Å². The van der Waals surface area contributed by atoms with Crippen LogP contribution in [0.4, 0.5) is 0 Å². The zero-order chi connectivity index (χ0) is 25.4. The molecule has 0 saturated heterocycles. The number of benzene rings is 3. The molecule has 3 rings (SSSR count). The lowest BCUT2D eigenvalue weighted by atomic mass is 10.0. The van der Waals surface area contributed by atoms with E-state index in [1.165, 1.54) is 0 Å². The maximum Gasteiger partial charge on any atom is 0.261 e. The number of rotatable bonds is 9. The summed E-state index contributed by atoms with van der Waals surface area (Å²) in [7, 11) is 0. The van der Waals surface area contributed by atoms with E-state index in [0.717, 1.165) is 16.7 Å². The summed E-state index contributed by atoms with van der Waals surface area (Å²) in [6.45, 7) is 7.87. The van der Waals surface area contributed by atoms with Crippen LogP contribution in [0.5, 0.6) is 5.75 Å². The second-order valence-electron chi connectivity index (χ2n) is 9.70. The number of nitrogens with one attached hydrogen (secondary N) is 1. The number of amides is 2. The SMILES string of the molecule is Cc1cccc(CN(C(=O)COc2cccc(Cl)c2)[C@@H](Cc2ccccc2)C(=O)NC(C)(C)C)c1. The van der Waals surface area contributed by atoms with Gasteiger partial charge in [0.2, 0.25) is 5.91 Å². The smallest absolute Gasteiger partial charge is 0.261 e. The van der Waals surface area contributed by atoms with E-state index in [9.17, 15) is 9.59 Å². The van der Waals surface area contributed by atoms with Crippen LogP contribution in [0.25, 0.3) is 0 Å². The summed E-state index contributed by atoms with van der Waals surface area (Å²) in [4.78, 5) is 28.7. The first kappa shape index (κ1) is 26.3. The lowest BCUT2D eigenvalue weighted by molar-refractivity contribution is -0.143. The maximum absolute atomic E-state index is 13.6. The fourth-order valence-electron chi connectivity index (χ4n) is 3.80. The molecule has 3 aromatic rings. The summed E-state index contributed by atoms with van der Waals surface area (Å²) in [5.41, 5.74) is 2.56. The Morgan fingerprint density at radius 1 is 0.943 bits per heavy atom. The van der Waals surface area contributed by atoms with Crippen LogP contribution in [0.3, 0.4) is 0 Å². The average molecular weight is 493 g/mol. The number of halogens is 1. The van der Waals surface area contributed by atoms with E-state index in [1.807, 2.05) is 82.3 Å². The van der Waals surface area contributed by atoms with Gasteiger partial charge in [-0.2, -0.15) is 0 Å². The first-order valence-corrected chi connectivity index (χ1v) is 12.1. The van der Waals surface area contributed by atoms with Crippen LogP contribution in [0, 0.1) is 6.92 Å². The largest absolute Gasteiger partial charge is 0.484 e. The van der Waals surface area contributed by atoms with Gasteiger partial charge in [-0.3, -0.25) is 9.59 Å². The molecule has 184 valence electrons. The average Bonchev–Trinajstić information content (AvgIpc) is 2.79. The molecule has 5 nitrogen and oxygen atoms in total. The second-order valence-corrected chi connectivity index (χ2v) is 10.1. The lowest BCUT2D eigenvalue weighted by Gasteiger charge is -2.33. The Morgan fingerprint density at radius 2 is 1.63 bits per heavy atom. The van der Waals surface area contributed by atoms with Crippen molar-refractivity contribution in [2.45, 2.75) is 52.2 Å². The minimum atomic E-state index is -0.715. The number of hydrogen-bond donors (Lipinski definition) is 1. The third-order valence-electron chi connectivity index (χ3n) is 5.36. The Morgan fingerprint density at radius 3 is 2.29 bits per heavy atom. The summed E-state index contributed by atoms with van der Waals surface area (Å²) in [6, 6.07) is 23.9. The molecule has 3 aromatic carbocycles. The van der Waals surface area contributed by atoms with Crippen molar-refractivity contribution in [2.24, 2.45) is 0 Å². The van der Waals surface area contributed by atoms with Crippen molar-refractivity contribution in [3.63, 3.8) is 0 Å². The molecule has 35 heavy (non-hydrogen) atoms. The summed E-state index contributed by atoms with van der Waals surface area (Å²) in [5, 5.41) is 3.59. The molecule has 0 spiro atoms. The number of nitrogens with zero attached hydrogens (tertiary/aromatic N) is 1. The van der Waals surface area contributed by atoms with E-state index in [0.29, 0.717) is 17.2 Å². The van der Waals surface area contributed by atoms with Gasteiger partial charge in [0.15, 0.2) is 6.61 Å². The molecule has 1 atom stereocenters. The highest BCUT2D eigenvalue weighted by atomic mass is 35.5. The highest BCUT2D eigenvalue weighted by Gasteiger charge is 2.32. The molecule has 0 fully saturated rings. The van der Waals surface area contributed by atoms with Crippen LogP contribution in [-0.4, -0.2) is 34.9 Å². The van der Waals surface area contributed by atoms with Gasteiger partial charge in [0.1, 0.15) is 11.8 Å². The molecule has 0 unspecified atom stereocenters. The fourth-order valence-corrected chi connectivity index (χ4v) is 3.98. The molecule has 6 heteroatoms. The molecule has 0 aliphatic heterocycles. The molecule has 1 N–H and O–H groups in total. The standard InChI is InChI=1S/C29H33ClN2O3/c1-21-10-8-13-23(16-21)19-32(27(33)20-35-25-15-9-14-24(30)18-25)26(28(34)31-29(2,3)4)17-22-11-6-5-7-12-22/h5-16,18,26H,17,19-20H2,1-4H3,(H,31,34)/t26-/m0/s1. The van der Waals surface area contributed by atoms with E-state index >= 15 is 0 Å². The Balaban J connectivity index is 1.93. The monoisotopic (exact) mass is 492 g/mol. The van der Waals surface area contributed by atoms with Crippen LogP contribution in [0.15, 0.2) is 78.9 Å². The van der Waals surface area contributed by atoms with Gasteiger partial charge >= 0.3 is 0 Å². The van der Waals surface area contributed by atoms with Gasteiger partial charge in [-0.1, -0.05) is 77.8 Å². The van der Waals surface area contributed by atoms with Crippen LogP contribution in [-0.2, 0) is 22.6 Å². The van der Waals surface area contributed by atoms with E-state index in [4.69, 9.17) is 16.3 Å². The van der Waals surface area contributed by atoms with E-state index in [-0.39, 0.29) is 25.0 Å². The number of ether oxygens (including phenoxy) is 1. The second kappa shape index (κ2) is 11.9. The van der Waals surface area contributed by atoms with Gasteiger partial charge in [0.25, 0.3) is 5.91 Å². The predicted octanol–water partition coefficient (Wildman–Crippen LogP) is 5.58. The van der Waals surface area contributed by atoms with Crippen LogP contribution in [0.1, 0.15) is 37.5 Å². The highest BCUT2D eigenvalue weighted by Crippen LogP contribution is 2.19. The zero-order valence-corrected chi connectivity index (χ0v) is 21.5. The van der Waals surface area contributed by atoms with E-state index in [1.54, 1.807) is 29.2 Å². The normalized spacial score (nSPS) is 12.0.